The smallest absolute Gasteiger partial charge is 0.152 e. The van der Waals surface area contributed by atoms with Gasteiger partial charge in [0.2, 0.25) is 0 Å². The van der Waals surface area contributed by atoms with E-state index in [-0.39, 0.29) is 17.2 Å². The highest BCUT2D eigenvalue weighted by atomic mass is 79.9. The van der Waals surface area contributed by atoms with Crippen LogP contribution in [0.15, 0.2) is 28.3 Å². The van der Waals surface area contributed by atoms with E-state index in [2.05, 4.69) is 59.5 Å². The van der Waals surface area contributed by atoms with Gasteiger partial charge in [-0.3, -0.25) is 4.79 Å². The van der Waals surface area contributed by atoms with Gasteiger partial charge in [0.15, 0.2) is 5.78 Å². The molecule has 0 saturated carbocycles. The minimum absolute atomic E-state index is 0.114. The van der Waals surface area contributed by atoms with Crippen molar-refractivity contribution in [3.05, 3.63) is 33.8 Å². The molecule has 2 aliphatic heterocycles. The van der Waals surface area contributed by atoms with Crippen molar-refractivity contribution in [3.8, 4) is 5.75 Å². The van der Waals surface area contributed by atoms with Gasteiger partial charge in [-0.25, -0.2) is 0 Å². The minimum atomic E-state index is -0.114. The molecule has 0 radical (unpaired) electrons. The van der Waals surface area contributed by atoms with Crippen molar-refractivity contribution >= 4 is 27.4 Å². The number of hydrogen-bond acceptors (Lipinski definition) is 4. The first-order valence-corrected chi connectivity index (χ1v) is 9.67. The molecule has 3 rings (SSSR count). The Kier molecular flexibility index (Phi) is 5.26. The van der Waals surface area contributed by atoms with Gasteiger partial charge >= 0.3 is 0 Å². The van der Waals surface area contributed by atoms with Crippen LogP contribution in [0.1, 0.15) is 39.7 Å². The van der Waals surface area contributed by atoms with E-state index in [1.54, 1.807) is 6.92 Å². The third-order valence-corrected chi connectivity index (χ3v) is 5.70. The molecule has 2 N–H and O–H groups in total. The molecule has 2 aliphatic rings. The average Bonchev–Trinajstić information content (AvgIpc) is 2.95. The molecular formula is C20H27BrN2O2. The first kappa shape index (κ1) is 18.5. The monoisotopic (exact) mass is 406 g/mol. The lowest BCUT2D eigenvalue weighted by molar-refractivity contribution is -0.117. The summed E-state index contributed by atoms with van der Waals surface area (Å²) in [6, 6.07) is 4.43. The fourth-order valence-electron chi connectivity index (χ4n) is 3.38. The van der Waals surface area contributed by atoms with Gasteiger partial charge in [-0.2, -0.15) is 0 Å². The van der Waals surface area contributed by atoms with Gasteiger partial charge in [-0.1, -0.05) is 26.8 Å². The van der Waals surface area contributed by atoms with Gasteiger partial charge in [0, 0.05) is 24.7 Å². The van der Waals surface area contributed by atoms with Crippen LogP contribution in [-0.2, 0) is 11.2 Å². The number of Topliss-reactive ketones (excluding diaryl/α,β-unsaturated/α-hetero) is 1. The van der Waals surface area contributed by atoms with Crippen molar-refractivity contribution in [2.45, 2.75) is 52.6 Å². The van der Waals surface area contributed by atoms with Crippen LogP contribution in [-0.4, -0.2) is 31.0 Å². The van der Waals surface area contributed by atoms with Gasteiger partial charge in [-0.15, -0.1) is 0 Å². The summed E-state index contributed by atoms with van der Waals surface area (Å²) in [6.45, 7) is 9.94. The summed E-state index contributed by atoms with van der Waals surface area (Å²) in [5.74, 6) is 1.01. The zero-order valence-corrected chi connectivity index (χ0v) is 17.0. The number of rotatable bonds is 4. The highest BCUT2D eigenvalue weighted by Gasteiger charge is 2.28. The van der Waals surface area contributed by atoms with Gasteiger partial charge in [0.05, 0.1) is 10.5 Å². The van der Waals surface area contributed by atoms with Crippen LogP contribution in [0.25, 0.3) is 0 Å². The Hall–Kier alpha value is -1.33. The van der Waals surface area contributed by atoms with Crippen molar-refractivity contribution in [2.24, 2.45) is 5.41 Å². The molecule has 2 atom stereocenters. The Balaban J connectivity index is 1.66. The van der Waals surface area contributed by atoms with Crippen LogP contribution >= 0.6 is 15.9 Å². The molecule has 136 valence electrons. The van der Waals surface area contributed by atoms with E-state index in [4.69, 9.17) is 4.74 Å². The Morgan fingerprint density at radius 1 is 1.32 bits per heavy atom. The van der Waals surface area contributed by atoms with Crippen LogP contribution in [0, 0.1) is 5.41 Å². The van der Waals surface area contributed by atoms with Gasteiger partial charge in [0.25, 0.3) is 0 Å². The van der Waals surface area contributed by atoms with Crippen molar-refractivity contribution in [1.29, 1.82) is 0 Å². The summed E-state index contributed by atoms with van der Waals surface area (Å²) in [5, 5.41) is 6.84. The van der Waals surface area contributed by atoms with Crippen molar-refractivity contribution < 1.29 is 9.53 Å². The van der Waals surface area contributed by atoms with Gasteiger partial charge < -0.3 is 15.4 Å². The molecule has 2 unspecified atom stereocenters. The summed E-state index contributed by atoms with van der Waals surface area (Å²) in [4.78, 5) is 11.6. The molecular weight excluding hydrogens is 380 g/mol. The Bertz CT molecular complexity index is 706. The van der Waals surface area contributed by atoms with E-state index in [9.17, 15) is 4.79 Å². The van der Waals surface area contributed by atoms with Crippen molar-refractivity contribution in [3.63, 3.8) is 0 Å². The molecule has 4 nitrogen and oxygen atoms in total. The molecule has 1 aromatic rings. The fraction of sp³-hybridized carbons (Fsp3) is 0.550. The number of benzene rings is 1. The number of ether oxygens (including phenoxy) is 1. The maximum atomic E-state index is 11.6. The molecule has 0 bridgehead atoms. The summed E-state index contributed by atoms with van der Waals surface area (Å²) in [5.41, 5.74) is 3.74. The average molecular weight is 407 g/mol. The zero-order chi connectivity index (χ0) is 18.2. The highest BCUT2D eigenvalue weighted by Crippen LogP contribution is 2.36. The van der Waals surface area contributed by atoms with E-state index in [0.717, 1.165) is 40.9 Å². The second kappa shape index (κ2) is 7.12. The lowest BCUT2D eigenvalue weighted by atomic mass is 9.81. The summed E-state index contributed by atoms with van der Waals surface area (Å²) >= 11 is 3.59. The molecule has 1 aromatic carbocycles. The molecule has 0 spiro atoms. The normalized spacial score (nSPS) is 22.8. The quantitative estimate of drug-likeness (QED) is 0.739. The van der Waals surface area contributed by atoms with Gasteiger partial charge in [-0.05, 0) is 58.0 Å². The number of ketones is 1. The van der Waals surface area contributed by atoms with Crippen LogP contribution in [0.5, 0.6) is 5.75 Å². The first-order valence-electron chi connectivity index (χ1n) is 8.87. The largest absolute Gasteiger partial charge is 0.488 e. The third kappa shape index (κ3) is 4.26. The van der Waals surface area contributed by atoms with E-state index in [1.807, 2.05) is 6.07 Å². The minimum Gasteiger partial charge on any atom is -0.488 e. The SMILES string of the molecule is CC(=O)C1Cc2cc(OCC3=CCNC(C(C)(C)C)C3)c(Br)cc2N1. The predicted octanol–water partition coefficient (Wildman–Crippen LogP) is 4.09. The standard InChI is InChI=1S/C20H27BrN2O2/c1-12(24)16-8-14-9-18(15(21)10-17(14)23-16)25-11-13-5-6-22-19(7-13)20(2,3)4/h5,9-10,16,19,22-23H,6-8,11H2,1-4H3. The lowest BCUT2D eigenvalue weighted by Gasteiger charge is -2.35. The second-order valence-corrected chi connectivity index (χ2v) is 8.99. The highest BCUT2D eigenvalue weighted by molar-refractivity contribution is 9.10. The van der Waals surface area contributed by atoms with Gasteiger partial charge in [0.1, 0.15) is 12.4 Å². The van der Waals surface area contributed by atoms with Crippen LogP contribution in [0.3, 0.4) is 0 Å². The number of fused-ring (bicyclic) bond motifs is 1. The number of nitrogens with one attached hydrogen (secondary N) is 2. The first-order chi connectivity index (χ1) is 11.7. The van der Waals surface area contributed by atoms with Crippen molar-refractivity contribution in [2.75, 3.05) is 18.5 Å². The van der Waals surface area contributed by atoms with E-state index in [1.165, 1.54) is 5.57 Å². The lowest BCUT2D eigenvalue weighted by Crippen LogP contribution is -2.43. The molecule has 0 aliphatic carbocycles. The fourth-order valence-corrected chi connectivity index (χ4v) is 3.84. The maximum Gasteiger partial charge on any atom is 0.152 e. The number of hydrogen-bond donors (Lipinski definition) is 2. The molecule has 25 heavy (non-hydrogen) atoms. The molecule has 2 heterocycles. The number of halogens is 1. The Labute approximate surface area is 158 Å². The number of carbonyl (C=O) groups excluding carboxylic acids is 1. The number of carbonyl (C=O) groups is 1. The zero-order valence-electron chi connectivity index (χ0n) is 15.4. The van der Waals surface area contributed by atoms with E-state index < -0.39 is 0 Å². The second-order valence-electron chi connectivity index (χ2n) is 8.13. The van der Waals surface area contributed by atoms with Crippen LogP contribution in [0.2, 0.25) is 0 Å². The predicted molar refractivity (Wildman–Crippen MR) is 105 cm³/mol. The number of anilines is 1. The molecule has 0 amide bonds. The molecule has 5 heteroatoms. The van der Waals surface area contributed by atoms with E-state index >= 15 is 0 Å². The Morgan fingerprint density at radius 2 is 2.08 bits per heavy atom. The maximum absolute atomic E-state index is 11.6. The summed E-state index contributed by atoms with van der Waals surface area (Å²) in [6.07, 6.45) is 3.98. The van der Waals surface area contributed by atoms with Crippen molar-refractivity contribution in [1.82, 2.24) is 5.32 Å². The van der Waals surface area contributed by atoms with E-state index in [0.29, 0.717) is 12.6 Å². The Morgan fingerprint density at radius 3 is 2.76 bits per heavy atom. The summed E-state index contributed by atoms with van der Waals surface area (Å²) in [7, 11) is 0. The molecule has 0 fully saturated rings. The molecule has 0 aromatic heterocycles. The molecule has 0 saturated heterocycles. The van der Waals surface area contributed by atoms with Crippen LogP contribution < -0.4 is 15.4 Å². The van der Waals surface area contributed by atoms with Crippen LogP contribution in [0.4, 0.5) is 5.69 Å². The third-order valence-electron chi connectivity index (χ3n) is 5.08. The topological polar surface area (TPSA) is 50.4 Å². The summed E-state index contributed by atoms with van der Waals surface area (Å²) < 4.78 is 7.02.